The van der Waals surface area contributed by atoms with E-state index >= 15 is 0 Å². The predicted octanol–water partition coefficient (Wildman–Crippen LogP) is 3.31. The third-order valence-corrected chi connectivity index (χ3v) is 4.91. The monoisotopic (exact) mass is 399 g/mol. The van der Waals surface area contributed by atoms with E-state index in [2.05, 4.69) is 16.6 Å². The average Bonchev–Trinajstić information content (AvgIpc) is 2.89. The first-order chi connectivity index (χ1) is 13.2. The molecule has 1 fully saturated rings. The van der Waals surface area contributed by atoms with Crippen LogP contribution in [0, 0.1) is 17.8 Å². The van der Waals surface area contributed by atoms with Crippen LogP contribution in [0.15, 0.2) is 12.2 Å². The van der Waals surface area contributed by atoms with E-state index in [0.717, 1.165) is 12.8 Å². The number of amides is 1. The highest BCUT2D eigenvalue weighted by Gasteiger charge is 2.52. The molecule has 1 aliphatic rings. The van der Waals surface area contributed by atoms with Gasteiger partial charge >= 0.3 is 11.9 Å². The lowest BCUT2D eigenvalue weighted by Crippen LogP contribution is -2.36. The Morgan fingerprint density at radius 1 is 1.39 bits per heavy atom. The summed E-state index contributed by atoms with van der Waals surface area (Å²) in [7, 11) is 1.34. The summed E-state index contributed by atoms with van der Waals surface area (Å²) in [4.78, 5) is 24.3. The molecule has 1 heterocycles. The van der Waals surface area contributed by atoms with Crippen molar-refractivity contribution in [3.05, 3.63) is 12.2 Å². The highest BCUT2D eigenvalue weighted by molar-refractivity contribution is 5.86. The second-order valence-corrected chi connectivity index (χ2v) is 7.20. The highest BCUT2D eigenvalue weighted by atomic mass is 19.3. The zero-order valence-corrected chi connectivity index (χ0v) is 16.9. The number of carbonyl (C=O) groups is 2. The maximum atomic E-state index is 13.9. The molecule has 1 aliphatic heterocycles. The molecule has 7 heteroatoms. The van der Waals surface area contributed by atoms with Crippen LogP contribution in [0.2, 0.25) is 0 Å². The quantitative estimate of drug-likeness (QED) is 0.251. The summed E-state index contributed by atoms with van der Waals surface area (Å²) in [6, 6.07) is -0.725. The molecule has 0 radical (unpaired) electrons. The smallest absolute Gasteiger partial charge is 0.327 e. The number of unbranched alkanes of at least 4 members (excludes halogenated alkanes) is 3. The van der Waals surface area contributed by atoms with E-state index in [9.17, 15) is 23.5 Å². The molecular formula is C21H31F2NO4. The number of hydrogen-bond donors (Lipinski definition) is 1. The van der Waals surface area contributed by atoms with Gasteiger partial charge in [0, 0.05) is 25.8 Å². The van der Waals surface area contributed by atoms with Gasteiger partial charge in [0.15, 0.2) is 0 Å². The van der Waals surface area contributed by atoms with Crippen molar-refractivity contribution in [2.45, 2.75) is 76.9 Å². The number of carbonyl (C=O) groups excluding carboxylic acids is 2. The third kappa shape index (κ3) is 7.59. The van der Waals surface area contributed by atoms with Crippen molar-refractivity contribution >= 4 is 11.9 Å². The van der Waals surface area contributed by atoms with Gasteiger partial charge in [0.05, 0.1) is 19.3 Å². The van der Waals surface area contributed by atoms with Gasteiger partial charge in [0.2, 0.25) is 0 Å². The van der Waals surface area contributed by atoms with Crippen LogP contribution >= 0.6 is 0 Å². The second-order valence-electron chi connectivity index (χ2n) is 7.20. The number of nitrogens with zero attached hydrogens (tertiary/aromatic N) is 1. The molecule has 0 aromatic rings. The topological polar surface area (TPSA) is 66.8 Å². The third-order valence-electron chi connectivity index (χ3n) is 4.91. The Balaban J connectivity index is 2.55. The Hall–Kier alpha value is -1.94. The lowest BCUT2D eigenvalue weighted by atomic mass is 10.00. The minimum atomic E-state index is -3.37. The zero-order chi connectivity index (χ0) is 21.2. The first-order valence-corrected chi connectivity index (χ1v) is 9.74. The summed E-state index contributed by atoms with van der Waals surface area (Å²) in [6.45, 7) is 3.78. The van der Waals surface area contributed by atoms with E-state index in [1.165, 1.54) is 24.2 Å². The van der Waals surface area contributed by atoms with E-state index in [0.29, 0.717) is 25.7 Å². The van der Waals surface area contributed by atoms with Crippen LogP contribution < -0.4 is 0 Å². The number of aliphatic hydroxyl groups is 1. The number of hydrogen-bond acceptors (Lipinski definition) is 4. The van der Waals surface area contributed by atoms with E-state index in [1.54, 1.807) is 6.92 Å². The van der Waals surface area contributed by atoms with Crippen LogP contribution in [0.1, 0.15) is 58.8 Å². The second kappa shape index (κ2) is 11.8. The maximum absolute atomic E-state index is 13.9. The number of ether oxygens (including phenoxy) is 1. The SMILES string of the molecule is CC#CCC(C)C(O)C=CC1CC(F)(F)C(=O)N1CCCCCCC(=O)OC. The van der Waals surface area contributed by atoms with Crippen molar-refractivity contribution in [2.24, 2.45) is 5.92 Å². The van der Waals surface area contributed by atoms with E-state index in [4.69, 9.17) is 0 Å². The number of rotatable bonds is 11. The summed E-state index contributed by atoms with van der Waals surface area (Å²) >= 11 is 0. The zero-order valence-electron chi connectivity index (χ0n) is 16.9. The van der Waals surface area contributed by atoms with Crippen LogP contribution in [-0.2, 0) is 14.3 Å². The predicted molar refractivity (Wildman–Crippen MR) is 103 cm³/mol. The van der Waals surface area contributed by atoms with E-state index in [1.807, 2.05) is 6.92 Å². The van der Waals surface area contributed by atoms with Gasteiger partial charge < -0.3 is 14.7 Å². The van der Waals surface area contributed by atoms with Crippen LogP contribution in [0.4, 0.5) is 8.78 Å². The molecule has 0 bridgehead atoms. The molecule has 0 aromatic heterocycles. The molecular weight excluding hydrogens is 368 g/mol. The Labute approximate surface area is 166 Å². The number of methoxy groups -OCH3 is 1. The fourth-order valence-corrected chi connectivity index (χ4v) is 3.08. The summed E-state index contributed by atoms with van der Waals surface area (Å²) < 4.78 is 32.3. The molecule has 158 valence electrons. The van der Waals surface area contributed by atoms with Gasteiger partial charge in [-0.2, -0.15) is 8.78 Å². The number of likely N-dealkylation sites (tertiary alicyclic amines) is 1. The average molecular weight is 399 g/mol. The summed E-state index contributed by atoms with van der Waals surface area (Å²) in [6.07, 6.45) is 5.23. The first-order valence-electron chi connectivity index (χ1n) is 9.74. The van der Waals surface area contributed by atoms with Crippen molar-refractivity contribution in [3.8, 4) is 11.8 Å². The maximum Gasteiger partial charge on any atom is 0.327 e. The van der Waals surface area contributed by atoms with Gasteiger partial charge in [-0.25, -0.2) is 0 Å². The Morgan fingerprint density at radius 3 is 2.71 bits per heavy atom. The minimum absolute atomic E-state index is 0.121. The molecule has 5 nitrogen and oxygen atoms in total. The van der Waals surface area contributed by atoms with E-state index in [-0.39, 0.29) is 18.4 Å². The summed E-state index contributed by atoms with van der Waals surface area (Å²) in [5, 5.41) is 10.1. The normalized spacial score (nSPS) is 20.7. The van der Waals surface area contributed by atoms with Crippen molar-refractivity contribution < 1.29 is 28.2 Å². The molecule has 1 amide bonds. The standard InChI is InChI=1S/C21H31F2NO4/c1-4-5-10-16(2)18(25)13-12-17-15-21(22,23)20(27)24(17)14-9-7-6-8-11-19(26)28-3/h12-13,16-18,25H,6-11,14-15H2,1-3H3. The fourth-order valence-electron chi connectivity index (χ4n) is 3.08. The molecule has 0 aromatic carbocycles. The van der Waals surface area contributed by atoms with E-state index < -0.39 is 30.4 Å². The number of aliphatic hydroxyl groups excluding tert-OH is 1. The van der Waals surface area contributed by atoms with Crippen molar-refractivity contribution in [2.75, 3.05) is 13.7 Å². The Morgan fingerprint density at radius 2 is 2.07 bits per heavy atom. The van der Waals surface area contributed by atoms with Crippen molar-refractivity contribution in [1.82, 2.24) is 4.90 Å². The minimum Gasteiger partial charge on any atom is -0.469 e. The molecule has 1 rings (SSSR count). The van der Waals surface area contributed by atoms with Crippen molar-refractivity contribution in [1.29, 1.82) is 0 Å². The molecule has 0 spiro atoms. The van der Waals surface area contributed by atoms with Gasteiger partial charge in [-0.3, -0.25) is 9.59 Å². The molecule has 3 unspecified atom stereocenters. The largest absolute Gasteiger partial charge is 0.469 e. The van der Waals surface area contributed by atoms with Crippen LogP contribution in [0.3, 0.4) is 0 Å². The fraction of sp³-hybridized carbons (Fsp3) is 0.714. The highest BCUT2D eigenvalue weighted by Crippen LogP contribution is 2.34. The number of esters is 1. The van der Waals surface area contributed by atoms with Crippen LogP contribution in [-0.4, -0.2) is 53.6 Å². The Bertz CT molecular complexity index is 609. The number of alkyl halides is 2. The first kappa shape index (κ1) is 24.1. The van der Waals surface area contributed by atoms with Gasteiger partial charge in [0.1, 0.15) is 0 Å². The molecule has 0 saturated carbocycles. The number of halogens is 2. The Kier molecular flexibility index (Phi) is 10.2. The van der Waals surface area contributed by atoms with Gasteiger partial charge in [-0.1, -0.05) is 31.9 Å². The lowest BCUT2D eigenvalue weighted by Gasteiger charge is -2.22. The molecule has 1 N–H and O–H groups in total. The van der Waals surface area contributed by atoms with Gasteiger partial charge in [-0.05, 0) is 25.7 Å². The summed E-state index contributed by atoms with van der Waals surface area (Å²) in [5.74, 6) is 0.728. The van der Waals surface area contributed by atoms with Crippen molar-refractivity contribution in [3.63, 3.8) is 0 Å². The van der Waals surface area contributed by atoms with Gasteiger partial charge in [-0.15, -0.1) is 11.8 Å². The lowest BCUT2D eigenvalue weighted by molar-refractivity contribution is -0.148. The summed E-state index contributed by atoms with van der Waals surface area (Å²) in [5.41, 5.74) is 0. The van der Waals surface area contributed by atoms with Gasteiger partial charge in [0.25, 0.3) is 5.91 Å². The molecule has 0 aliphatic carbocycles. The van der Waals surface area contributed by atoms with Crippen LogP contribution in [0.25, 0.3) is 0 Å². The molecule has 1 saturated heterocycles. The molecule has 28 heavy (non-hydrogen) atoms. The molecule has 3 atom stereocenters. The van der Waals surface area contributed by atoms with Crippen LogP contribution in [0.5, 0.6) is 0 Å².